The smallest absolute Gasteiger partial charge is 0.217 e. The number of carbonyl (C=O) groups excluding carboxylic acids is 1. The van der Waals surface area contributed by atoms with Gasteiger partial charge in [0.15, 0.2) is 12.5 Å². The van der Waals surface area contributed by atoms with Gasteiger partial charge in [-0.1, -0.05) is 35.4 Å². The molecule has 24 heavy (non-hydrogen) atoms. The Hall–Kier alpha value is -2.16. The molecule has 9 heteroatoms. The number of fused-ring (bicyclic) bond motifs is 1. The Morgan fingerprint density at radius 3 is 2.79 bits per heavy atom. The number of hydrogen-bond donors (Lipinski definition) is 2. The van der Waals surface area contributed by atoms with Crippen LogP contribution < -0.4 is 5.32 Å². The van der Waals surface area contributed by atoms with Gasteiger partial charge in [0.1, 0.15) is 18.3 Å². The highest BCUT2D eigenvalue weighted by Crippen LogP contribution is 2.34. The van der Waals surface area contributed by atoms with Gasteiger partial charge < -0.3 is 24.6 Å². The lowest BCUT2D eigenvalue weighted by Crippen LogP contribution is -2.65. The zero-order valence-electron chi connectivity index (χ0n) is 13.0. The molecule has 2 heterocycles. The van der Waals surface area contributed by atoms with Crippen LogP contribution in [0.4, 0.5) is 0 Å². The SMILES string of the molecule is CC(=O)N[C@@H]1[C@@H](O)[C@@H]2O[C@@H](c3ccccc3)OC[C@H]2O[C@H]1N=[N+]=[N-]. The van der Waals surface area contributed by atoms with Crippen molar-refractivity contribution in [2.45, 2.75) is 43.8 Å². The molecule has 3 rings (SSSR count). The summed E-state index contributed by atoms with van der Waals surface area (Å²) in [6.45, 7) is 1.48. The van der Waals surface area contributed by atoms with Crippen molar-refractivity contribution in [3.05, 3.63) is 46.3 Å². The quantitative estimate of drug-likeness (QED) is 0.484. The van der Waals surface area contributed by atoms with E-state index >= 15 is 0 Å². The van der Waals surface area contributed by atoms with Crippen LogP contribution in [0.3, 0.4) is 0 Å². The van der Waals surface area contributed by atoms with Crippen LogP contribution in [0.15, 0.2) is 35.4 Å². The summed E-state index contributed by atoms with van der Waals surface area (Å²) in [4.78, 5) is 14.1. The lowest BCUT2D eigenvalue weighted by molar-refractivity contribution is -0.314. The Labute approximate surface area is 138 Å². The van der Waals surface area contributed by atoms with Gasteiger partial charge in [-0.3, -0.25) is 4.79 Å². The molecular weight excluding hydrogens is 316 g/mol. The highest BCUT2D eigenvalue weighted by atomic mass is 16.7. The Morgan fingerprint density at radius 1 is 1.38 bits per heavy atom. The van der Waals surface area contributed by atoms with Crippen molar-refractivity contribution in [3.8, 4) is 0 Å². The molecule has 2 fully saturated rings. The van der Waals surface area contributed by atoms with Crippen molar-refractivity contribution in [3.63, 3.8) is 0 Å². The van der Waals surface area contributed by atoms with Crippen LogP contribution in [0, 0.1) is 0 Å². The molecule has 6 atom stereocenters. The van der Waals surface area contributed by atoms with Crippen molar-refractivity contribution < 1.29 is 24.1 Å². The highest BCUT2D eigenvalue weighted by molar-refractivity contribution is 5.73. The van der Waals surface area contributed by atoms with Gasteiger partial charge in [-0.2, -0.15) is 0 Å². The van der Waals surface area contributed by atoms with Crippen molar-refractivity contribution in [2.24, 2.45) is 5.11 Å². The largest absolute Gasteiger partial charge is 0.388 e. The standard InChI is InChI=1S/C15H18N4O5/c1-8(20)17-11-12(21)13-10(23-14(11)18-19-16)7-22-15(24-13)9-5-3-2-4-6-9/h2-6,10-15,21H,7H2,1H3,(H,17,20)/t10-,11-,12-,13-,14-,15+/m1/s1. The Bertz CT molecular complexity index is 636. The number of nitrogens with one attached hydrogen (secondary N) is 1. The normalized spacial score (nSPS) is 35.4. The minimum atomic E-state index is -1.10. The monoisotopic (exact) mass is 334 g/mol. The van der Waals surface area contributed by atoms with Gasteiger partial charge in [0.2, 0.25) is 5.91 Å². The van der Waals surface area contributed by atoms with E-state index in [1.165, 1.54) is 6.92 Å². The van der Waals surface area contributed by atoms with E-state index in [0.29, 0.717) is 0 Å². The van der Waals surface area contributed by atoms with Gasteiger partial charge in [-0.25, -0.2) is 0 Å². The molecule has 2 N–H and O–H groups in total. The van der Waals surface area contributed by atoms with Crippen LogP contribution >= 0.6 is 0 Å². The zero-order chi connectivity index (χ0) is 17.1. The van der Waals surface area contributed by atoms with Crippen LogP contribution in [0.2, 0.25) is 0 Å². The van der Waals surface area contributed by atoms with Crippen LogP contribution in [0.25, 0.3) is 10.4 Å². The van der Waals surface area contributed by atoms with E-state index in [-0.39, 0.29) is 12.5 Å². The highest BCUT2D eigenvalue weighted by Gasteiger charge is 2.49. The van der Waals surface area contributed by atoms with Crippen LogP contribution in [0.5, 0.6) is 0 Å². The van der Waals surface area contributed by atoms with E-state index < -0.39 is 36.9 Å². The molecule has 0 aromatic heterocycles. The maximum Gasteiger partial charge on any atom is 0.217 e. The van der Waals surface area contributed by atoms with Crippen molar-refractivity contribution in [1.82, 2.24) is 5.32 Å². The molecule has 128 valence electrons. The third kappa shape index (κ3) is 3.35. The average molecular weight is 334 g/mol. The number of carbonyl (C=O) groups is 1. The van der Waals surface area contributed by atoms with Crippen LogP contribution in [-0.2, 0) is 19.0 Å². The van der Waals surface area contributed by atoms with E-state index in [1.807, 2.05) is 30.3 Å². The predicted molar refractivity (Wildman–Crippen MR) is 81.4 cm³/mol. The molecule has 2 saturated heterocycles. The average Bonchev–Trinajstić information content (AvgIpc) is 2.59. The maximum absolute atomic E-state index is 11.4. The fraction of sp³-hybridized carbons (Fsp3) is 0.533. The lowest BCUT2D eigenvalue weighted by atomic mass is 9.95. The molecule has 0 aliphatic carbocycles. The first-order valence-corrected chi connectivity index (χ1v) is 7.57. The van der Waals surface area contributed by atoms with Gasteiger partial charge in [-0.15, -0.1) is 0 Å². The number of nitrogens with zero attached hydrogens (tertiary/aromatic N) is 3. The van der Waals surface area contributed by atoms with Crippen LogP contribution in [0.1, 0.15) is 18.8 Å². The Kier molecular flexibility index (Phi) is 4.98. The Morgan fingerprint density at radius 2 is 2.12 bits per heavy atom. The molecule has 1 amide bonds. The third-order valence-electron chi connectivity index (χ3n) is 3.99. The first kappa shape index (κ1) is 16.7. The number of ether oxygens (including phenoxy) is 3. The fourth-order valence-corrected chi connectivity index (χ4v) is 2.93. The van der Waals surface area contributed by atoms with E-state index in [9.17, 15) is 9.90 Å². The molecule has 0 spiro atoms. The number of hydrogen-bond acceptors (Lipinski definition) is 6. The molecule has 2 aliphatic heterocycles. The summed E-state index contributed by atoms with van der Waals surface area (Å²) in [6, 6.07) is 8.42. The molecule has 0 unspecified atom stereocenters. The van der Waals surface area contributed by atoms with E-state index in [1.54, 1.807) is 0 Å². The number of aliphatic hydroxyl groups excluding tert-OH is 1. The topological polar surface area (TPSA) is 126 Å². The summed E-state index contributed by atoms with van der Waals surface area (Å²) in [5.41, 5.74) is 9.48. The van der Waals surface area contributed by atoms with Gasteiger partial charge in [0, 0.05) is 17.4 Å². The van der Waals surface area contributed by atoms with Gasteiger partial charge in [0.25, 0.3) is 0 Å². The predicted octanol–water partition coefficient (Wildman–Crippen LogP) is 1.00. The molecule has 0 radical (unpaired) electrons. The molecule has 0 saturated carbocycles. The minimum Gasteiger partial charge on any atom is -0.388 e. The minimum absolute atomic E-state index is 0.172. The van der Waals surface area contributed by atoms with Crippen LogP contribution in [-0.4, -0.2) is 48.2 Å². The van der Waals surface area contributed by atoms with E-state index in [2.05, 4.69) is 15.3 Å². The summed E-state index contributed by atoms with van der Waals surface area (Å²) in [5.74, 6) is -0.370. The zero-order valence-corrected chi connectivity index (χ0v) is 13.0. The molecule has 2 aliphatic rings. The molecule has 1 aromatic rings. The second-order valence-corrected chi connectivity index (χ2v) is 5.66. The van der Waals surface area contributed by atoms with Gasteiger partial charge >= 0.3 is 0 Å². The lowest BCUT2D eigenvalue weighted by Gasteiger charge is -2.47. The summed E-state index contributed by atoms with van der Waals surface area (Å²) in [7, 11) is 0. The summed E-state index contributed by atoms with van der Waals surface area (Å²) >= 11 is 0. The second-order valence-electron chi connectivity index (χ2n) is 5.66. The first-order chi connectivity index (χ1) is 11.6. The number of azide groups is 1. The number of benzene rings is 1. The Balaban J connectivity index is 1.79. The molecular formula is C15H18N4O5. The van der Waals surface area contributed by atoms with Gasteiger partial charge in [0.05, 0.1) is 12.6 Å². The van der Waals surface area contributed by atoms with E-state index in [0.717, 1.165) is 5.56 Å². The molecule has 1 aromatic carbocycles. The maximum atomic E-state index is 11.4. The summed E-state index contributed by atoms with van der Waals surface area (Å²) < 4.78 is 17.1. The first-order valence-electron chi connectivity index (χ1n) is 7.57. The summed E-state index contributed by atoms with van der Waals surface area (Å²) in [5, 5.41) is 16.7. The second kappa shape index (κ2) is 7.16. The van der Waals surface area contributed by atoms with E-state index in [4.69, 9.17) is 19.7 Å². The number of aliphatic hydroxyl groups is 1. The van der Waals surface area contributed by atoms with Crippen molar-refractivity contribution >= 4 is 5.91 Å². The summed E-state index contributed by atoms with van der Waals surface area (Å²) in [6.07, 6.45) is -4.08. The number of rotatable bonds is 3. The molecule has 0 bridgehead atoms. The molecule has 9 nitrogen and oxygen atoms in total. The fourth-order valence-electron chi connectivity index (χ4n) is 2.93. The van der Waals surface area contributed by atoms with Crippen molar-refractivity contribution in [2.75, 3.05) is 6.61 Å². The third-order valence-corrected chi connectivity index (χ3v) is 3.99. The number of amides is 1. The van der Waals surface area contributed by atoms with Gasteiger partial charge in [-0.05, 0) is 5.53 Å². The van der Waals surface area contributed by atoms with Crippen molar-refractivity contribution in [1.29, 1.82) is 0 Å².